The number of nitrogens with zero attached hydrogens (tertiary/aromatic N) is 8. The number of carbonyl (C=O) groups is 4. The highest BCUT2D eigenvalue weighted by molar-refractivity contribution is 7.92. The summed E-state index contributed by atoms with van der Waals surface area (Å²) in [6, 6.07) is 10.6. The molecule has 3 aliphatic rings. The second kappa shape index (κ2) is 23.6. The number of ether oxygens (including phenoxy) is 1. The van der Waals surface area contributed by atoms with Crippen LogP contribution < -0.4 is 25.6 Å². The standard InChI is InChI=1S/C56H69FN12O7S2/c1-33-34(2)65-66-50(33)64-51-41-28-46(78(74,75)56(4,5)6)45(29-42(41)60-32-61-51)76-27-9-10-36-18-23-67(24-19-36)47-17-14-39(30-59-47)54(72)68-25-20-37(21-26-68)48(63-52(71)35(3)58-7)55(73)69-22-8-11-44(69)53-62-43(31-77-53)49(70)38-12-15-40(57)16-13-38/h12-17,28-32,35-37,44,48,58H,8-11,18-27H2,1-7H3,(H,63,71)(H2,60,61,64,65,66)/t35-,44-,48?/m0/s1. The molecule has 3 saturated heterocycles. The summed E-state index contributed by atoms with van der Waals surface area (Å²) in [5, 5.41) is 19.4. The molecule has 414 valence electrons. The van der Waals surface area contributed by atoms with Crippen molar-refractivity contribution in [3.8, 4) is 5.75 Å². The number of anilines is 3. The third-order valence-electron chi connectivity index (χ3n) is 15.6. The lowest BCUT2D eigenvalue weighted by molar-refractivity contribution is -0.139. The van der Waals surface area contributed by atoms with Gasteiger partial charge in [-0.3, -0.25) is 24.3 Å². The van der Waals surface area contributed by atoms with Gasteiger partial charge >= 0.3 is 0 Å². The van der Waals surface area contributed by atoms with E-state index in [4.69, 9.17) is 9.72 Å². The minimum atomic E-state index is -3.83. The van der Waals surface area contributed by atoms with Gasteiger partial charge in [0, 0.05) is 72.6 Å². The molecule has 0 aliphatic carbocycles. The lowest BCUT2D eigenvalue weighted by Crippen LogP contribution is -2.57. The number of aromatic amines is 1. The molecule has 1 unspecified atom stereocenters. The number of amides is 3. The van der Waals surface area contributed by atoms with E-state index in [9.17, 15) is 32.0 Å². The van der Waals surface area contributed by atoms with E-state index in [-0.39, 0.29) is 51.8 Å². The van der Waals surface area contributed by atoms with Crippen LogP contribution in [0.5, 0.6) is 5.75 Å². The number of rotatable bonds is 18. The van der Waals surface area contributed by atoms with Gasteiger partial charge in [-0.05, 0) is 154 Å². The van der Waals surface area contributed by atoms with Crippen molar-refractivity contribution >= 4 is 73.0 Å². The molecular weight excluding hydrogens is 1040 g/mol. The first-order valence-corrected chi connectivity index (χ1v) is 29.2. The van der Waals surface area contributed by atoms with Crippen LogP contribution in [0.15, 0.2) is 71.3 Å². The average molecular weight is 1110 g/mol. The molecule has 3 aliphatic heterocycles. The summed E-state index contributed by atoms with van der Waals surface area (Å²) in [4.78, 5) is 79.2. The number of likely N-dealkylation sites (N-methyl/N-ethyl adjacent to an activating group) is 1. The first-order chi connectivity index (χ1) is 37.3. The maximum absolute atomic E-state index is 14.6. The van der Waals surface area contributed by atoms with E-state index in [0.29, 0.717) is 90.1 Å². The molecule has 78 heavy (non-hydrogen) atoms. The highest BCUT2D eigenvalue weighted by atomic mass is 32.2. The Morgan fingerprint density at radius 3 is 2.31 bits per heavy atom. The molecule has 3 amide bonds. The first-order valence-electron chi connectivity index (χ1n) is 26.8. The van der Waals surface area contributed by atoms with E-state index < -0.39 is 32.5 Å². The fraction of sp³-hybridized carbons (Fsp3) is 0.482. The number of piperidine rings is 2. The Morgan fingerprint density at radius 1 is 0.910 bits per heavy atom. The van der Waals surface area contributed by atoms with Crippen molar-refractivity contribution < 1.29 is 36.7 Å². The summed E-state index contributed by atoms with van der Waals surface area (Å²) in [6.45, 7) is 13.8. The van der Waals surface area contributed by atoms with Gasteiger partial charge in [-0.2, -0.15) is 5.10 Å². The zero-order valence-electron chi connectivity index (χ0n) is 45.3. The summed E-state index contributed by atoms with van der Waals surface area (Å²) in [5.74, 6) is 0.895. The zero-order valence-corrected chi connectivity index (χ0v) is 46.9. The number of hydrogen-bond donors (Lipinski definition) is 4. The minimum absolute atomic E-state index is 0.0892. The molecule has 0 spiro atoms. The summed E-state index contributed by atoms with van der Waals surface area (Å²) in [7, 11) is -2.14. The third-order valence-corrected chi connectivity index (χ3v) is 19.1. The largest absolute Gasteiger partial charge is 0.492 e. The number of pyridine rings is 1. The van der Waals surface area contributed by atoms with Crippen LogP contribution in [0.3, 0.4) is 0 Å². The molecule has 4 N–H and O–H groups in total. The van der Waals surface area contributed by atoms with Crippen molar-refractivity contribution in [2.75, 3.05) is 56.6 Å². The molecule has 0 radical (unpaired) electrons. The topological polar surface area (TPSA) is 238 Å². The predicted molar refractivity (Wildman–Crippen MR) is 296 cm³/mol. The average Bonchev–Trinajstić information content (AvgIpc) is 4.26. The fourth-order valence-corrected chi connectivity index (χ4v) is 12.7. The number of carbonyl (C=O) groups excluding carboxylic acids is 4. The summed E-state index contributed by atoms with van der Waals surface area (Å²) >= 11 is 1.31. The van der Waals surface area contributed by atoms with Crippen molar-refractivity contribution in [2.45, 2.75) is 121 Å². The van der Waals surface area contributed by atoms with Crippen molar-refractivity contribution in [2.24, 2.45) is 11.8 Å². The molecule has 3 atom stereocenters. The Labute approximate surface area is 458 Å². The number of aromatic nitrogens is 6. The molecule has 0 saturated carbocycles. The second-order valence-corrected chi connectivity index (χ2v) is 25.2. The van der Waals surface area contributed by atoms with Crippen LogP contribution >= 0.6 is 11.3 Å². The number of thiazole rings is 1. The lowest BCUT2D eigenvalue weighted by Gasteiger charge is -2.38. The number of likely N-dealkylation sites (tertiary alicyclic amines) is 2. The second-order valence-electron chi connectivity index (χ2n) is 21.7. The fourth-order valence-electron chi connectivity index (χ4n) is 10.4. The highest BCUT2D eigenvalue weighted by Gasteiger charge is 2.42. The van der Waals surface area contributed by atoms with Gasteiger partial charge in [0.15, 0.2) is 15.7 Å². The predicted octanol–water partition coefficient (Wildman–Crippen LogP) is 7.89. The highest BCUT2D eigenvalue weighted by Crippen LogP contribution is 2.39. The molecule has 6 aromatic rings. The maximum atomic E-state index is 14.6. The van der Waals surface area contributed by atoms with E-state index in [1.54, 1.807) is 68.3 Å². The number of nitrogens with one attached hydrogen (secondary N) is 4. The van der Waals surface area contributed by atoms with E-state index in [2.05, 4.69) is 46.0 Å². The van der Waals surface area contributed by atoms with Gasteiger partial charge in [0.2, 0.25) is 17.6 Å². The molecule has 0 bridgehead atoms. The monoisotopic (exact) mass is 1100 g/mol. The Morgan fingerprint density at radius 2 is 1.64 bits per heavy atom. The van der Waals surface area contributed by atoms with E-state index in [1.165, 1.54) is 41.9 Å². The van der Waals surface area contributed by atoms with Crippen LogP contribution in [-0.4, -0.2) is 135 Å². The number of H-pyrrole nitrogens is 1. The van der Waals surface area contributed by atoms with E-state index >= 15 is 0 Å². The van der Waals surface area contributed by atoms with Crippen molar-refractivity contribution in [3.05, 3.63) is 105 Å². The van der Waals surface area contributed by atoms with Gasteiger partial charge in [-0.25, -0.2) is 32.7 Å². The van der Waals surface area contributed by atoms with Crippen LogP contribution in [0, 0.1) is 31.5 Å². The molecule has 22 heteroatoms. The summed E-state index contributed by atoms with van der Waals surface area (Å²) in [6.07, 6.45) is 8.99. The Hall–Kier alpha value is -6.91. The van der Waals surface area contributed by atoms with Gasteiger partial charge in [0.1, 0.15) is 51.2 Å². The SMILES string of the molecule is CN[C@@H](C)C(=O)NC(C(=O)N1CCC[C@H]1c1nc(C(=O)c2ccc(F)cc2)cs1)C1CCN(C(=O)c2ccc(N3CCC(CCCOc4cc5ncnc(Nc6n[nH]c(C)c6C)c5cc4S(=O)(=O)C(C)(C)C)CC3)nc2)CC1. The van der Waals surface area contributed by atoms with Gasteiger partial charge in [0.05, 0.1) is 34.5 Å². The van der Waals surface area contributed by atoms with E-state index in [1.807, 2.05) is 26.0 Å². The molecule has 7 heterocycles. The molecule has 19 nitrogen and oxygen atoms in total. The van der Waals surface area contributed by atoms with Gasteiger partial charge < -0.3 is 35.4 Å². The molecular formula is C56H69FN12O7S2. The summed E-state index contributed by atoms with van der Waals surface area (Å²) < 4.78 is 46.7. The van der Waals surface area contributed by atoms with Crippen LogP contribution in [0.2, 0.25) is 0 Å². The van der Waals surface area contributed by atoms with Crippen LogP contribution in [0.25, 0.3) is 10.9 Å². The van der Waals surface area contributed by atoms with Crippen molar-refractivity contribution in [1.29, 1.82) is 0 Å². The smallest absolute Gasteiger partial charge is 0.255 e. The number of benzene rings is 2. The molecule has 4 aromatic heterocycles. The van der Waals surface area contributed by atoms with Crippen molar-refractivity contribution in [1.82, 2.24) is 50.6 Å². The number of sulfone groups is 1. The quantitative estimate of drug-likeness (QED) is 0.0473. The molecule has 3 fully saturated rings. The Balaban J connectivity index is 0.770. The Bertz CT molecular complexity index is 3260. The number of fused-ring (bicyclic) bond motifs is 1. The minimum Gasteiger partial charge on any atom is -0.492 e. The lowest BCUT2D eigenvalue weighted by atomic mass is 9.87. The maximum Gasteiger partial charge on any atom is 0.255 e. The molecule has 2 aromatic carbocycles. The van der Waals surface area contributed by atoms with Gasteiger partial charge in [-0.15, -0.1) is 11.3 Å². The third kappa shape index (κ3) is 12.0. The first kappa shape index (κ1) is 55.8. The number of ketones is 1. The van der Waals surface area contributed by atoms with Crippen LogP contribution in [-0.2, 0) is 19.4 Å². The number of halogens is 1. The van der Waals surface area contributed by atoms with Gasteiger partial charge in [-0.1, -0.05) is 0 Å². The zero-order chi connectivity index (χ0) is 55.5. The van der Waals surface area contributed by atoms with Crippen LogP contribution in [0.1, 0.15) is 128 Å². The summed E-state index contributed by atoms with van der Waals surface area (Å²) in [5.41, 5.74) is 3.41. The van der Waals surface area contributed by atoms with Crippen LogP contribution in [0.4, 0.5) is 21.8 Å². The molecule has 9 rings (SSSR count). The normalized spacial score (nSPS) is 17.5. The van der Waals surface area contributed by atoms with E-state index in [0.717, 1.165) is 62.3 Å². The number of aryl methyl sites for hydroxylation is 1. The van der Waals surface area contributed by atoms with Crippen molar-refractivity contribution in [3.63, 3.8) is 0 Å². The Kier molecular flexibility index (Phi) is 16.9. The number of hydrogen-bond acceptors (Lipinski definition) is 16. The van der Waals surface area contributed by atoms with Gasteiger partial charge in [0.25, 0.3) is 5.91 Å².